The number of aliphatic hydroxyl groups excluding tert-OH is 8. The number of ether oxygens (including phenoxy) is 4. The van der Waals surface area contributed by atoms with Crippen LogP contribution in [0.5, 0.6) is 0 Å². The zero-order valence-corrected chi connectivity index (χ0v) is 46.1. The van der Waals surface area contributed by atoms with Gasteiger partial charge in [0.05, 0.1) is 32.0 Å². The van der Waals surface area contributed by atoms with Crippen LogP contribution in [0.2, 0.25) is 0 Å². The number of amides is 1. The van der Waals surface area contributed by atoms with Gasteiger partial charge in [-0.15, -0.1) is 0 Å². The summed E-state index contributed by atoms with van der Waals surface area (Å²) in [6.07, 6.45) is 36.5. The van der Waals surface area contributed by atoms with Gasteiger partial charge in [-0.3, -0.25) is 4.79 Å². The van der Waals surface area contributed by atoms with Gasteiger partial charge in [-0.1, -0.05) is 237 Å². The molecule has 2 rings (SSSR count). The Kier molecular flexibility index (Phi) is 42.1. The molecule has 2 heterocycles. The van der Waals surface area contributed by atoms with Crippen LogP contribution in [0.1, 0.15) is 251 Å². The van der Waals surface area contributed by atoms with Crippen molar-refractivity contribution in [2.45, 2.75) is 325 Å². The van der Waals surface area contributed by atoms with Crippen LogP contribution >= 0.6 is 0 Å². The largest absolute Gasteiger partial charge is 0.394 e. The summed E-state index contributed by atoms with van der Waals surface area (Å²) in [6, 6.07) is -0.927. The number of unbranched alkanes of at least 4 members (excludes halogenated alkanes) is 33. The maximum absolute atomic E-state index is 13.2. The molecule has 0 aliphatic carbocycles. The monoisotopic (exact) mass is 1040 g/mol. The first-order valence-corrected chi connectivity index (χ1v) is 30.1. The molecule has 0 aromatic heterocycles. The smallest absolute Gasteiger partial charge is 0.220 e. The standard InChI is InChI=1S/C59H111NO13/c1-3-5-7-9-11-13-15-17-19-21-22-23-24-25-26-27-29-31-33-35-37-39-41-43-51(64)60-47(48(63)42-40-38-36-34-32-30-28-20-18-16-14-12-10-8-6-4-2)46-70-58-56(69)54(67)57(50(45-62)72-58)73-59-55(68)53(66)52(65)49(44-61)71-59/h32,34,40,42,47-50,52-59,61-63,65-69H,3-31,33,35-39,41,43-46H2,1-2H3,(H,60,64)/b34-32+,42-40+. The number of hydrogen-bond donors (Lipinski definition) is 9. The Balaban J connectivity index is 1.75. The number of rotatable bonds is 48. The van der Waals surface area contributed by atoms with Crippen molar-refractivity contribution in [1.29, 1.82) is 0 Å². The average Bonchev–Trinajstić information content (AvgIpc) is 3.39. The predicted octanol–water partition coefficient (Wildman–Crippen LogP) is 10.1. The fourth-order valence-electron chi connectivity index (χ4n) is 10.0. The van der Waals surface area contributed by atoms with E-state index in [0.29, 0.717) is 12.8 Å². The first kappa shape index (κ1) is 67.6. The van der Waals surface area contributed by atoms with Crippen LogP contribution < -0.4 is 5.32 Å². The van der Waals surface area contributed by atoms with E-state index in [1.54, 1.807) is 6.08 Å². The fourth-order valence-corrected chi connectivity index (χ4v) is 10.0. The molecule has 2 fully saturated rings. The van der Waals surface area contributed by atoms with E-state index < -0.39 is 86.8 Å². The summed E-state index contributed by atoms with van der Waals surface area (Å²) in [6.45, 7) is 2.80. The third-order valence-corrected chi connectivity index (χ3v) is 14.9. The maximum atomic E-state index is 13.2. The first-order valence-electron chi connectivity index (χ1n) is 30.1. The molecular formula is C59H111NO13. The van der Waals surface area contributed by atoms with Crippen molar-refractivity contribution >= 4 is 5.91 Å². The molecule has 0 saturated carbocycles. The van der Waals surface area contributed by atoms with Crippen LogP contribution in [0.25, 0.3) is 0 Å². The molecule has 14 nitrogen and oxygen atoms in total. The van der Waals surface area contributed by atoms with Crippen molar-refractivity contribution in [3.63, 3.8) is 0 Å². The molecule has 0 spiro atoms. The molecule has 2 aliphatic heterocycles. The van der Waals surface area contributed by atoms with E-state index in [-0.39, 0.29) is 18.9 Å². The van der Waals surface area contributed by atoms with Crippen LogP contribution in [0.15, 0.2) is 24.3 Å². The second kappa shape index (κ2) is 45.5. The van der Waals surface area contributed by atoms with Crippen molar-refractivity contribution < 1.29 is 64.6 Å². The molecule has 14 heteroatoms. The molecule has 1 amide bonds. The molecule has 0 aromatic carbocycles. The summed E-state index contributed by atoms with van der Waals surface area (Å²) < 4.78 is 22.8. The number of allylic oxidation sites excluding steroid dienone is 3. The highest BCUT2D eigenvalue weighted by molar-refractivity contribution is 5.76. The summed E-state index contributed by atoms with van der Waals surface area (Å²) in [4.78, 5) is 13.2. The highest BCUT2D eigenvalue weighted by Crippen LogP contribution is 2.30. The van der Waals surface area contributed by atoms with E-state index in [2.05, 4.69) is 31.3 Å². The molecule has 0 radical (unpaired) electrons. The molecule has 9 N–H and O–H groups in total. The molecule has 2 saturated heterocycles. The highest BCUT2D eigenvalue weighted by atomic mass is 16.7. The summed E-state index contributed by atoms with van der Waals surface area (Å²) in [5, 5.41) is 87.0. The van der Waals surface area contributed by atoms with Gasteiger partial charge in [-0.2, -0.15) is 0 Å². The summed E-state index contributed by atoms with van der Waals surface area (Å²) >= 11 is 0. The molecule has 0 bridgehead atoms. The number of carbonyl (C=O) groups excluding carboxylic acids is 1. The lowest BCUT2D eigenvalue weighted by Crippen LogP contribution is -2.65. The van der Waals surface area contributed by atoms with Gasteiger partial charge < -0.3 is 65.1 Å². The average molecular weight is 1040 g/mol. The van der Waals surface area contributed by atoms with E-state index in [1.165, 1.54) is 186 Å². The molecule has 12 unspecified atom stereocenters. The Morgan fingerprint density at radius 2 is 0.877 bits per heavy atom. The van der Waals surface area contributed by atoms with Gasteiger partial charge in [-0.25, -0.2) is 0 Å². The third kappa shape index (κ3) is 31.5. The molecule has 73 heavy (non-hydrogen) atoms. The lowest BCUT2D eigenvalue weighted by molar-refractivity contribution is -0.359. The minimum Gasteiger partial charge on any atom is -0.394 e. The van der Waals surface area contributed by atoms with E-state index in [0.717, 1.165) is 32.1 Å². The normalized spacial score (nSPS) is 25.5. The zero-order chi connectivity index (χ0) is 53.2. The maximum Gasteiger partial charge on any atom is 0.220 e. The van der Waals surface area contributed by atoms with Crippen molar-refractivity contribution in [2.24, 2.45) is 0 Å². The number of nitrogens with one attached hydrogen (secondary N) is 1. The second-order valence-electron chi connectivity index (χ2n) is 21.5. The van der Waals surface area contributed by atoms with Crippen LogP contribution in [-0.2, 0) is 23.7 Å². The van der Waals surface area contributed by atoms with Crippen LogP contribution in [0, 0.1) is 0 Å². The van der Waals surface area contributed by atoms with Gasteiger partial charge >= 0.3 is 0 Å². The van der Waals surface area contributed by atoms with Crippen molar-refractivity contribution in [2.75, 3.05) is 19.8 Å². The van der Waals surface area contributed by atoms with E-state index in [1.807, 2.05) is 6.08 Å². The minimum atomic E-state index is -1.79. The van der Waals surface area contributed by atoms with Gasteiger partial charge in [0.15, 0.2) is 12.6 Å². The Morgan fingerprint density at radius 3 is 1.34 bits per heavy atom. The topological polar surface area (TPSA) is 228 Å². The SMILES string of the molecule is CCCCCCCCCCCC/C=C/CC/C=C/C(O)C(COC1OC(CO)C(OC2OC(CO)C(O)C(O)C2O)C(O)C1O)NC(=O)CCCCCCCCCCCCCCCCCCCCCCCCC. The molecular weight excluding hydrogens is 931 g/mol. The number of carbonyl (C=O) groups is 1. The Labute approximate surface area is 443 Å². The van der Waals surface area contributed by atoms with Crippen molar-refractivity contribution in [3.8, 4) is 0 Å². The fraction of sp³-hybridized carbons (Fsp3) is 0.915. The third-order valence-electron chi connectivity index (χ3n) is 14.9. The highest BCUT2D eigenvalue weighted by Gasteiger charge is 2.51. The first-order chi connectivity index (χ1) is 35.6. The number of hydrogen-bond acceptors (Lipinski definition) is 13. The van der Waals surface area contributed by atoms with E-state index >= 15 is 0 Å². The quantitative estimate of drug-likeness (QED) is 0.0204. The summed E-state index contributed by atoms with van der Waals surface area (Å²) in [5.41, 5.74) is 0. The summed E-state index contributed by atoms with van der Waals surface area (Å²) in [5.74, 6) is -0.245. The Bertz CT molecular complexity index is 1320. The molecule has 0 aromatic rings. The van der Waals surface area contributed by atoms with Gasteiger partial charge in [-0.05, 0) is 32.1 Å². The Hall–Kier alpha value is -1.53. The lowest BCUT2D eigenvalue weighted by Gasteiger charge is -2.46. The van der Waals surface area contributed by atoms with Gasteiger partial charge in [0, 0.05) is 6.42 Å². The Morgan fingerprint density at radius 1 is 0.479 bits per heavy atom. The van der Waals surface area contributed by atoms with Crippen molar-refractivity contribution in [3.05, 3.63) is 24.3 Å². The molecule has 430 valence electrons. The zero-order valence-electron chi connectivity index (χ0n) is 46.1. The van der Waals surface area contributed by atoms with Crippen LogP contribution in [0.4, 0.5) is 0 Å². The van der Waals surface area contributed by atoms with E-state index in [4.69, 9.17) is 18.9 Å². The predicted molar refractivity (Wildman–Crippen MR) is 291 cm³/mol. The summed E-state index contributed by atoms with van der Waals surface area (Å²) in [7, 11) is 0. The van der Waals surface area contributed by atoms with Gasteiger partial charge in [0.1, 0.15) is 48.8 Å². The van der Waals surface area contributed by atoms with Crippen LogP contribution in [0.3, 0.4) is 0 Å². The molecule has 12 atom stereocenters. The lowest BCUT2D eigenvalue weighted by atomic mass is 9.97. The van der Waals surface area contributed by atoms with Crippen molar-refractivity contribution in [1.82, 2.24) is 5.32 Å². The number of aliphatic hydroxyl groups is 8. The second-order valence-corrected chi connectivity index (χ2v) is 21.5. The molecule has 2 aliphatic rings. The van der Waals surface area contributed by atoms with Gasteiger partial charge in [0.2, 0.25) is 5.91 Å². The minimum absolute atomic E-state index is 0.245. The van der Waals surface area contributed by atoms with Crippen LogP contribution in [-0.4, -0.2) is 140 Å². The van der Waals surface area contributed by atoms with E-state index in [9.17, 15) is 45.6 Å². The van der Waals surface area contributed by atoms with Gasteiger partial charge in [0.25, 0.3) is 0 Å².